The van der Waals surface area contributed by atoms with Crippen LogP contribution in [-0.4, -0.2) is 64.6 Å². The Morgan fingerprint density at radius 1 is 1.13 bits per heavy atom. The third-order valence-electron chi connectivity index (χ3n) is 5.37. The Labute approximate surface area is 175 Å². The van der Waals surface area contributed by atoms with Crippen molar-refractivity contribution in [1.29, 1.82) is 0 Å². The first kappa shape index (κ1) is 19.8. The van der Waals surface area contributed by atoms with Gasteiger partial charge in [-0.15, -0.1) is 0 Å². The minimum atomic E-state index is -0.100. The maximum Gasteiger partial charge on any atom is 0.253 e. The van der Waals surface area contributed by atoms with Gasteiger partial charge in [-0.2, -0.15) is 15.0 Å². The lowest BCUT2D eigenvalue weighted by Gasteiger charge is -2.33. The zero-order valence-electron chi connectivity index (χ0n) is 17.3. The van der Waals surface area contributed by atoms with E-state index in [4.69, 9.17) is 0 Å². The molecule has 2 aromatic heterocycles. The Kier molecular flexibility index (Phi) is 5.87. The van der Waals surface area contributed by atoms with Crippen molar-refractivity contribution in [2.75, 3.05) is 43.5 Å². The fourth-order valence-electron chi connectivity index (χ4n) is 3.63. The van der Waals surface area contributed by atoms with E-state index in [0.29, 0.717) is 23.7 Å². The van der Waals surface area contributed by atoms with E-state index in [1.807, 2.05) is 43.3 Å². The normalized spacial score (nSPS) is 14.5. The Bertz CT molecular complexity index is 980. The lowest BCUT2D eigenvalue weighted by molar-refractivity contribution is 0.0944. The molecule has 0 saturated carbocycles. The molecular formula is C21H26N8O. The number of carbonyl (C=O) groups excluding carboxylic acids is 1. The average Bonchev–Trinajstić information content (AvgIpc) is 3.33. The summed E-state index contributed by atoms with van der Waals surface area (Å²) in [5.41, 5.74) is 1.25. The molecule has 0 atom stereocenters. The van der Waals surface area contributed by atoms with Gasteiger partial charge in [-0.1, -0.05) is 12.1 Å². The van der Waals surface area contributed by atoms with Gasteiger partial charge in [0.2, 0.25) is 0 Å². The summed E-state index contributed by atoms with van der Waals surface area (Å²) < 4.78 is 0. The molecule has 156 valence electrons. The first-order chi connectivity index (χ1) is 14.6. The zero-order valence-corrected chi connectivity index (χ0v) is 17.3. The Hall–Kier alpha value is -3.49. The Balaban J connectivity index is 1.32. The van der Waals surface area contributed by atoms with Gasteiger partial charge in [0.1, 0.15) is 18.0 Å². The van der Waals surface area contributed by atoms with Crippen LogP contribution in [0, 0.1) is 5.92 Å². The van der Waals surface area contributed by atoms with Crippen LogP contribution >= 0.6 is 0 Å². The Morgan fingerprint density at radius 3 is 2.60 bits per heavy atom. The van der Waals surface area contributed by atoms with Crippen LogP contribution in [0.1, 0.15) is 23.2 Å². The van der Waals surface area contributed by atoms with Crippen molar-refractivity contribution in [2.45, 2.75) is 12.8 Å². The van der Waals surface area contributed by atoms with Crippen LogP contribution in [0.15, 0.2) is 49.1 Å². The molecule has 0 unspecified atom stereocenters. The molecule has 0 radical (unpaired) electrons. The summed E-state index contributed by atoms with van der Waals surface area (Å²) >= 11 is 0. The van der Waals surface area contributed by atoms with Crippen molar-refractivity contribution in [2.24, 2.45) is 5.92 Å². The van der Waals surface area contributed by atoms with Crippen molar-refractivity contribution < 1.29 is 4.79 Å². The van der Waals surface area contributed by atoms with Crippen molar-refractivity contribution in [3.63, 3.8) is 0 Å². The molecular weight excluding hydrogens is 380 g/mol. The third-order valence-corrected chi connectivity index (χ3v) is 5.37. The first-order valence-corrected chi connectivity index (χ1v) is 10.1. The van der Waals surface area contributed by atoms with Gasteiger partial charge in [-0.25, -0.2) is 9.97 Å². The van der Waals surface area contributed by atoms with Gasteiger partial charge in [0, 0.05) is 39.8 Å². The molecule has 1 aliphatic rings. The van der Waals surface area contributed by atoms with Crippen LogP contribution in [0.3, 0.4) is 0 Å². The van der Waals surface area contributed by atoms with E-state index in [1.54, 1.807) is 24.8 Å². The minimum Gasteiger partial charge on any atom is -0.363 e. The van der Waals surface area contributed by atoms with Gasteiger partial charge in [-0.3, -0.25) is 4.79 Å². The molecule has 4 rings (SSSR count). The number of nitrogens with zero attached hydrogens (tertiary/aromatic N) is 7. The highest BCUT2D eigenvalue weighted by Gasteiger charge is 2.22. The number of anilines is 2. The number of amides is 1. The standard InChI is InChI=1S/C21H26N8O/c1-27(2)19-13-20(24-15-23-19)28-11-7-16(8-12-28)14-22-21(30)17-5-3-4-6-18(17)29-25-9-10-26-29/h3-6,9-10,13,15-16H,7-8,11-12,14H2,1-2H3,(H,22,30). The van der Waals surface area contributed by atoms with E-state index in [2.05, 4.69) is 30.4 Å². The van der Waals surface area contributed by atoms with Crippen LogP contribution in [0.2, 0.25) is 0 Å². The second kappa shape index (κ2) is 8.89. The van der Waals surface area contributed by atoms with Gasteiger partial charge in [0.15, 0.2) is 0 Å². The van der Waals surface area contributed by atoms with E-state index in [0.717, 1.165) is 37.6 Å². The Morgan fingerprint density at radius 2 is 1.87 bits per heavy atom. The molecule has 1 amide bonds. The van der Waals surface area contributed by atoms with Crippen LogP contribution in [-0.2, 0) is 0 Å². The maximum atomic E-state index is 12.8. The second-order valence-electron chi connectivity index (χ2n) is 7.60. The van der Waals surface area contributed by atoms with Crippen LogP contribution in [0.4, 0.5) is 11.6 Å². The summed E-state index contributed by atoms with van der Waals surface area (Å²) in [4.78, 5) is 27.2. The fourth-order valence-corrected chi connectivity index (χ4v) is 3.63. The summed E-state index contributed by atoms with van der Waals surface area (Å²) in [5, 5.41) is 11.4. The molecule has 1 aliphatic heterocycles. The van der Waals surface area contributed by atoms with E-state index in [1.165, 1.54) is 4.80 Å². The number of hydrogen-bond donors (Lipinski definition) is 1. The molecule has 1 aromatic carbocycles. The highest BCUT2D eigenvalue weighted by atomic mass is 16.1. The summed E-state index contributed by atoms with van der Waals surface area (Å²) in [6, 6.07) is 9.39. The third kappa shape index (κ3) is 4.40. The largest absolute Gasteiger partial charge is 0.363 e. The molecule has 9 nitrogen and oxygen atoms in total. The van der Waals surface area contributed by atoms with Gasteiger partial charge >= 0.3 is 0 Å². The van der Waals surface area contributed by atoms with Gasteiger partial charge in [-0.05, 0) is 30.9 Å². The molecule has 9 heteroatoms. The lowest BCUT2D eigenvalue weighted by Crippen LogP contribution is -2.39. The molecule has 0 bridgehead atoms. The number of benzene rings is 1. The second-order valence-corrected chi connectivity index (χ2v) is 7.60. The molecule has 1 N–H and O–H groups in total. The summed E-state index contributed by atoms with van der Waals surface area (Å²) in [6.07, 6.45) is 6.82. The number of piperidine rings is 1. The summed E-state index contributed by atoms with van der Waals surface area (Å²) in [7, 11) is 3.95. The van der Waals surface area contributed by atoms with E-state index < -0.39 is 0 Å². The fraction of sp³-hybridized carbons (Fsp3) is 0.381. The number of nitrogens with one attached hydrogen (secondary N) is 1. The van der Waals surface area contributed by atoms with Gasteiger partial charge in [0.25, 0.3) is 5.91 Å². The quantitative estimate of drug-likeness (QED) is 0.667. The number of para-hydroxylation sites is 1. The lowest BCUT2D eigenvalue weighted by atomic mass is 9.96. The number of rotatable bonds is 6. The molecule has 1 fully saturated rings. The predicted molar refractivity (Wildman–Crippen MR) is 115 cm³/mol. The monoisotopic (exact) mass is 406 g/mol. The molecule has 30 heavy (non-hydrogen) atoms. The van der Waals surface area contributed by atoms with Crippen LogP contribution in [0.25, 0.3) is 5.69 Å². The van der Waals surface area contributed by atoms with E-state index in [9.17, 15) is 4.79 Å². The van der Waals surface area contributed by atoms with Gasteiger partial charge < -0.3 is 15.1 Å². The number of hydrogen-bond acceptors (Lipinski definition) is 7. The molecule has 3 heterocycles. The summed E-state index contributed by atoms with van der Waals surface area (Å²) in [6.45, 7) is 2.48. The average molecular weight is 406 g/mol. The highest BCUT2D eigenvalue weighted by Crippen LogP contribution is 2.23. The van der Waals surface area contributed by atoms with Crippen molar-refractivity contribution in [3.05, 3.63) is 54.6 Å². The van der Waals surface area contributed by atoms with E-state index >= 15 is 0 Å². The molecule has 1 saturated heterocycles. The molecule has 0 spiro atoms. The first-order valence-electron chi connectivity index (χ1n) is 10.1. The van der Waals surface area contributed by atoms with E-state index in [-0.39, 0.29) is 5.91 Å². The molecule has 3 aromatic rings. The highest BCUT2D eigenvalue weighted by molar-refractivity contribution is 5.97. The topological polar surface area (TPSA) is 92.1 Å². The van der Waals surface area contributed by atoms with Crippen molar-refractivity contribution >= 4 is 17.5 Å². The van der Waals surface area contributed by atoms with Gasteiger partial charge in [0.05, 0.1) is 23.6 Å². The van der Waals surface area contributed by atoms with Crippen LogP contribution < -0.4 is 15.1 Å². The van der Waals surface area contributed by atoms with Crippen molar-refractivity contribution in [1.82, 2.24) is 30.3 Å². The zero-order chi connectivity index (χ0) is 20.9. The minimum absolute atomic E-state index is 0.100. The van der Waals surface area contributed by atoms with Crippen LogP contribution in [0.5, 0.6) is 0 Å². The van der Waals surface area contributed by atoms with Crippen molar-refractivity contribution in [3.8, 4) is 5.69 Å². The summed E-state index contributed by atoms with van der Waals surface area (Å²) in [5.74, 6) is 2.20. The smallest absolute Gasteiger partial charge is 0.253 e. The molecule has 0 aliphatic carbocycles. The predicted octanol–water partition coefficient (Wildman–Crippen LogP) is 1.77. The number of carbonyl (C=O) groups is 1. The SMILES string of the molecule is CN(C)c1cc(N2CCC(CNC(=O)c3ccccc3-n3nccn3)CC2)ncn1. The maximum absolute atomic E-state index is 12.8. The number of aromatic nitrogens is 5.